The standard InChI is InChI=1S/C27H35Cl3O5/c1-17(2)32-14-18(3)15-33-22-9-7-20(8-10-22)27(5,6)21-11-24(29)26(25(30)12-21)34-16-23(13-28)35-19(4)31/h7-12,17-18,23H,13-16H2,1-6H3/t18-,23-/m1/s1. The van der Waals surface area contributed by atoms with Gasteiger partial charge in [-0.25, -0.2) is 0 Å². The number of rotatable bonds is 13. The van der Waals surface area contributed by atoms with Gasteiger partial charge in [0.05, 0.1) is 35.2 Å². The van der Waals surface area contributed by atoms with Crippen molar-refractivity contribution >= 4 is 40.8 Å². The molecule has 0 saturated carbocycles. The summed E-state index contributed by atoms with van der Waals surface area (Å²) in [4.78, 5) is 11.2. The molecule has 0 amide bonds. The van der Waals surface area contributed by atoms with Crippen molar-refractivity contribution in [1.29, 1.82) is 0 Å². The van der Waals surface area contributed by atoms with E-state index in [2.05, 4.69) is 20.8 Å². The molecule has 0 heterocycles. The number of hydrogen-bond acceptors (Lipinski definition) is 5. The molecule has 0 fully saturated rings. The molecule has 0 radical (unpaired) electrons. The molecule has 8 heteroatoms. The Hall–Kier alpha value is -1.66. The molecule has 0 N–H and O–H groups in total. The minimum atomic E-state index is -0.594. The van der Waals surface area contributed by atoms with Crippen molar-refractivity contribution in [2.75, 3.05) is 25.7 Å². The number of alkyl halides is 1. The molecule has 2 rings (SSSR count). The first-order valence-electron chi connectivity index (χ1n) is 11.6. The Morgan fingerprint density at radius 1 is 0.914 bits per heavy atom. The molecule has 0 aliphatic rings. The second kappa shape index (κ2) is 13.6. The Bertz CT molecular complexity index is 937. The number of hydrogen-bond donors (Lipinski definition) is 0. The zero-order valence-corrected chi connectivity index (χ0v) is 23.5. The van der Waals surface area contributed by atoms with Crippen LogP contribution >= 0.6 is 34.8 Å². The van der Waals surface area contributed by atoms with Gasteiger partial charge in [0.2, 0.25) is 0 Å². The maximum atomic E-state index is 11.2. The molecule has 0 aliphatic heterocycles. The van der Waals surface area contributed by atoms with E-state index in [0.29, 0.717) is 34.9 Å². The first-order chi connectivity index (χ1) is 16.4. The van der Waals surface area contributed by atoms with Gasteiger partial charge in [-0.15, -0.1) is 11.6 Å². The fraction of sp³-hybridized carbons (Fsp3) is 0.519. The minimum absolute atomic E-state index is 0.0505. The van der Waals surface area contributed by atoms with Crippen molar-refractivity contribution in [2.45, 2.75) is 59.2 Å². The van der Waals surface area contributed by atoms with Crippen molar-refractivity contribution < 1.29 is 23.7 Å². The van der Waals surface area contributed by atoms with E-state index in [1.54, 1.807) is 0 Å². The van der Waals surface area contributed by atoms with Crippen LogP contribution in [0.1, 0.15) is 52.7 Å². The van der Waals surface area contributed by atoms with Crippen LogP contribution in [0.3, 0.4) is 0 Å². The van der Waals surface area contributed by atoms with Gasteiger partial charge in [0, 0.05) is 18.3 Å². The molecular weight excluding hydrogens is 511 g/mol. The highest BCUT2D eigenvalue weighted by Gasteiger charge is 2.26. The molecule has 0 saturated heterocycles. The maximum absolute atomic E-state index is 11.2. The first kappa shape index (κ1) is 29.6. The summed E-state index contributed by atoms with van der Waals surface area (Å²) < 4.78 is 22.4. The van der Waals surface area contributed by atoms with Gasteiger partial charge in [0.25, 0.3) is 0 Å². The molecule has 0 bridgehead atoms. The lowest BCUT2D eigenvalue weighted by Crippen LogP contribution is -2.26. The van der Waals surface area contributed by atoms with E-state index in [-0.39, 0.29) is 24.0 Å². The Kier molecular flexibility index (Phi) is 11.5. The van der Waals surface area contributed by atoms with E-state index in [1.807, 2.05) is 50.2 Å². The van der Waals surface area contributed by atoms with Gasteiger partial charge in [-0.2, -0.15) is 0 Å². The molecule has 0 aromatic heterocycles. The summed E-state index contributed by atoms with van der Waals surface area (Å²) in [6.45, 7) is 13.0. The average Bonchev–Trinajstić information content (AvgIpc) is 2.79. The van der Waals surface area contributed by atoms with Gasteiger partial charge in [-0.1, -0.05) is 56.1 Å². The van der Waals surface area contributed by atoms with E-state index in [1.165, 1.54) is 6.92 Å². The van der Waals surface area contributed by atoms with Crippen LogP contribution in [0.25, 0.3) is 0 Å². The Labute approximate surface area is 223 Å². The van der Waals surface area contributed by atoms with Crippen LogP contribution in [0.2, 0.25) is 10.0 Å². The van der Waals surface area contributed by atoms with Crippen LogP contribution in [-0.2, 0) is 19.7 Å². The molecule has 2 aromatic rings. The SMILES string of the molecule is CC(=O)O[C@H](CCl)COc1c(Cl)cc(C(C)(C)c2ccc(OC[C@H](C)COC(C)C)cc2)cc1Cl. The highest BCUT2D eigenvalue weighted by Crippen LogP contribution is 2.40. The summed E-state index contributed by atoms with van der Waals surface area (Å²) in [6, 6.07) is 11.7. The molecule has 5 nitrogen and oxygen atoms in total. The van der Waals surface area contributed by atoms with Gasteiger partial charge in [0.1, 0.15) is 18.5 Å². The average molecular weight is 546 g/mol. The third kappa shape index (κ3) is 9.05. The first-order valence-corrected chi connectivity index (χ1v) is 12.9. The highest BCUT2D eigenvalue weighted by atomic mass is 35.5. The monoisotopic (exact) mass is 544 g/mol. The van der Waals surface area contributed by atoms with Crippen molar-refractivity contribution in [3.05, 3.63) is 57.6 Å². The van der Waals surface area contributed by atoms with Crippen molar-refractivity contribution in [3.63, 3.8) is 0 Å². The van der Waals surface area contributed by atoms with E-state index in [4.69, 9.17) is 53.8 Å². The molecule has 0 unspecified atom stereocenters. The third-order valence-corrected chi connectivity index (χ3v) is 6.37. The molecule has 0 aliphatic carbocycles. The summed E-state index contributed by atoms with van der Waals surface area (Å²) in [7, 11) is 0. The summed E-state index contributed by atoms with van der Waals surface area (Å²) in [5.41, 5.74) is 1.64. The molecule has 194 valence electrons. The topological polar surface area (TPSA) is 54.0 Å². The van der Waals surface area contributed by atoms with Crippen LogP contribution in [0.15, 0.2) is 36.4 Å². The normalized spacial score (nSPS) is 13.4. The summed E-state index contributed by atoms with van der Waals surface area (Å²) >= 11 is 18.9. The number of ether oxygens (including phenoxy) is 4. The van der Waals surface area contributed by atoms with E-state index in [0.717, 1.165) is 16.9 Å². The molecule has 0 spiro atoms. The van der Waals surface area contributed by atoms with Crippen LogP contribution in [0.5, 0.6) is 11.5 Å². The van der Waals surface area contributed by atoms with Gasteiger partial charge in [0.15, 0.2) is 5.75 Å². The molecule has 2 aromatic carbocycles. The quantitative estimate of drug-likeness (QED) is 0.195. The van der Waals surface area contributed by atoms with E-state index in [9.17, 15) is 4.79 Å². The van der Waals surface area contributed by atoms with Crippen LogP contribution in [0, 0.1) is 5.92 Å². The predicted molar refractivity (Wildman–Crippen MR) is 143 cm³/mol. The lowest BCUT2D eigenvalue weighted by molar-refractivity contribution is -0.146. The molecule has 2 atom stereocenters. The Morgan fingerprint density at radius 3 is 2.03 bits per heavy atom. The highest BCUT2D eigenvalue weighted by molar-refractivity contribution is 6.37. The number of carbonyl (C=O) groups excluding carboxylic acids is 1. The zero-order chi connectivity index (χ0) is 26.2. The van der Waals surface area contributed by atoms with Gasteiger partial charge >= 0.3 is 5.97 Å². The second-order valence-electron chi connectivity index (χ2n) is 9.41. The van der Waals surface area contributed by atoms with Gasteiger partial charge in [-0.3, -0.25) is 4.79 Å². The largest absolute Gasteiger partial charge is 0.493 e. The van der Waals surface area contributed by atoms with Gasteiger partial charge < -0.3 is 18.9 Å². The number of benzene rings is 2. The van der Waals surface area contributed by atoms with Crippen molar-refractivity contribution in [3.8, 4) is 11.5 Å². The van der Waals surface area contributed by atoms with Crippen LogP contribution in [0.4, 0.5) is 0 Å². The van der Waals surface area contributed by atoms with E-state index < -0.39 is 12.1 Å². The molecule has 35 heavy (non-hydrogen) atoms. The third-order valence-electron chi connectivity index (χ3n) is 5.46. The molecular formula is C27H35Cl3O5. The summed E-state index contributed by atoms with van der Waals surface area (Å²) in [5, 5.41) is 0.739. The zero-order valence-electron chi connectivity index (χ0n) is 21.2. The van der Waals surface area contributed by atoms with Crippen molar-refractivity contribution in [2.24, 2.45) is 5.92 Å². The second-order valence-corrected chi connectivity index (χ2v) is 10.5. The van der Waals surface area contributed by atoms with Gasteiger partial charge in [-0.05, 0) is 49.2 Å². The van der Waals surface area contributed by atoms with Crippen LogP contribution < -0.4 is 9.47 Å². The van der Waals surface area contributed by atoms with Crippen LogP contribution in [-0.4, -0.2) is 43.9 Å². The summed E-state index contributed by atoms with van der Waals surface area (Å²) in [5.74, 6) is 1.10. The summed E-state index contributed by atoms with van der Waals surface area (Å²) in [6.07, 6.45) is -0.381. The lowest BCUT2D eigenvalue weighted by Gasteiger charge is -2.27. The maximum Gasteiger partial charge on any atom is 0.303 e. The minimum Gasteiger partial charge on any atom is -0.493 e. The fourth-order valence-corrected chi connectivity index (χ4v) is 4.11. The number of halogens is 3. The number of carbonyl (C=O) groups is 1. The van der Waals surface area contributed by atoms with Crippen molar-refractivity contribution in [1.82, 2.24) is 0 Å². The lowest BCUT2D eigenvalue weighted by atomic mass is 9.78. The van der Waals surface area contributed by atoms with E-state index >= 15 is 0 Å². The number of esters is 1. The Morgan fingerprint density at radius 2 is 1.51 bits per heavy atom. The smallest absolute Gasteiger partial charge is 0.303 e. The Balaban J connectivity index is 2.09. The fourth-order valence-electron chi connectivity index (χ4n) is 3.36. The predicted octanol–water partition coefficient (Wildman–Crippen LogP) is 7.31.